The van der Waals surface area contributed by atoms with Gasteiger partial charge in [0.1, 0.15) is 12.2 Å². The second-order valence-corrected chi connectivity index (χ2v) is 8.54. The molecule has 0 aliphatic carbocycles. The molecule has 0 saturated heterocycles. The molecular weight excluding hydrogens is 425 g/mol. The first-order chi connectivity index (χ1) is 14.7. The highest BCUT2D eigenvalue weighted by molar-refractivity contribution is 7.90. The summed E-state index contributed by atoms with van der Waals surface area (Å²) in [6.45, 7) is -0.252. The van der Waals surface area contributed by atoms with E-state index in [1.54, 1.807) is 6.07 Å². The number of nitrogens with zero attached hydrogens (tertiary/aromatic N) is 3. The van der Waals surface area contributed by atoms with Crippen LogP contribution in [-0.2, 0) is 21.1 Å². The zero-order valence-corrected chi connectivity index (χ0v) is 17.7. The average molecular weight is 443 g/mol. The Balaban J connectivity index is 2.32. The largest absolute Gasteiger partial charge is 0.494 e. The van der Waals surface area contributed by atoms with E-state index in [2.05, 4.69) is 5.10 Å². The SMILES string of the molecule is COC(=O)c1c(-c2ccc(OC)c(F)c2)c(-c2ccc(S(C)(=O)=O)cc2)nn1CC#N. The van der Waals surface area contributed by atoms with Crippen molar-refractivity contribution < 1.29 is 27.1 Å². The third-order valence-electron chi connectivity index (χ3n) is 4.55. The van der Waals surface area contributed by atoms with E-state index in [0.29, 0.717) is 11.1 Å². The fourth-order valence-electron chi connectivity index (χ4n) is 3.10. The van der Waals surface area contributed by atoms with E-state index in [1.165, 1.54) is 55.3 Å². The standard InChI is InChI=1S/C21H18FN3O5S/c1-29-17-9-6-14(12-16(17)22)18-19(13-4-7-15(8-5-13)31(3,27)28)24-25(11-10-23)20(18)21(26)30-2/h4-9,12H,11H2,1-3H3. The van der Waals surface area contributed by atoms with Crippen LogP contribution in [0.5, 0.6) is 5.75 Å². The van der Waals surface area contributed by atoms with Crippen molar-refractivity contribution in [2.24, 2.45) is 0 Å². The van der Waals surface area contributed by atoms with E-state index in [1.807, 2.05) is 6.07 Å². The fraction of sp³-hybridized carbons (Fsp3) is 0.190. The topological polar surface area (TPSA) is 111 Å². The number of hydrogen-bond donors (Lipinski definition) is 0. The lowest BCUT2D eigenvalue weighted by Gasteiger charge is -2.09. The van der Waals surface area contributed by atoms with Crippen LogP contribution < -0.4 is 4.74 Å². The third kappa shape index (κ3) is 4.27. The molecule has 0 N–H and O–H groups in total. The molecule has 10 heteroatoms. The van der Waals surface area contributed by atoms with Crippen LogP contribution in [0.1, 0.15) is 10.5 Å². The maximum atomic E-state index is 14.4. The van der Waals surface area contributed by atoms with Gasteiger partial charge in [-0.3, -0.25) is 0 Å². The number of aromatic nitrogens is 2. The van der Waals surface area contributed by atoms with E-state index in [-0.39, 0.29) is 34.1 Å². The molecule has 0 amide bonds. The molecule has 0 bridgehead atoms. The highest BCUT2D eigenvalue weighted by Gasteiger charge is 2.27. The Bertz CT molecular complexity index is 1290. The predicted molar refractivity (Wildman–Crippen MR) is 110 cm³/mol. The molecule has 3 rings (SSSR count). The van der Waals surface area contributed by atoms with Gasteiger partial charge >= 0.3 is 5.97 Å². The Kier molecular flexibility index (Phi) is 6.08. The number of hydrogen-bond acceptors (Lipinski definition) is 7. The van der Waals surface area contributed by atoms with Gasteiger partial charge in [0, 0.05) is 17.4 Å². The normalized spacial score (nSPS) is 11.1. The molecule has 31 heavy (non-hydrogen) atoms. The smallest absolute Gasteiger partial charge is 0.357 e. The molecule has 3 aromatic rings. The van der Waals surface area contributed by atoms with Gasteiger partial charge in [-0.25, -0.2) is 22.3 Å². The first kappa shape index (κ1) is 22.0. The molecular formula is C21H18FN3O5S. The molecule has 2 aromatic carbocycles. The van der Waals surface area contributed by atoms with Gasteiger partial charge in [0.2, 0.25) is 0 Å². The van der Waals surface area contributed by atoms with Crippen molar-refractivity contribution in [3.05, 3.63) is 54.0 Å². The zero-order valence-electron chi connectivity index (χ0n) is 16.9. The summed E-state index contributed by atoms with van der Waals surface area (Å²) < 4.78 is 49.0. The summed E-state index contributed by atoms with van der Waals surface area (Å²) in [4.78, 5) is 12.7. The zero-order chi connectivity index (χ0) is 22.8. The van der Waals surface area contributed by atoms with Crippen molar-refractivity contribution >= 4 is 15.8 Å². The van der Waals surface area contributed by atoms with E-state index < -0.39 is 21.6 Å². The number of halogens is 1. The van der Waals surface area contributed by atoms with Crippen molar-refractivity contribution in [2.75, 3.05) is 20.5 Å². The molecule has 0 spiro atoms. The van der Waals surface area contributed by atoms with Crippen LogP contribution in [-0.4, -0.2) is 44.6 Å². The number of carbonyl (C=O) groups is 1. The summed E-state index contributed by atoms with van der Waals surface area (Å²) in [6, 6.07) is 11.9. The fourth-order valence-corrected chi connectivity index (χ4v) is 3.74. The third-order valence-corrected chi connectivity index (χ3v) is 5.68. The maximum absolute atomic E-state index is 14.4. The summed E-state index contributed by atoms with van der Waals surface area (Å²) in [5, 5.41) is 13.5. The first-order valence-corrected chi connectivity index (χ1v) is 10.8. The molecule has 0 aliphatic heterocycles. The van der Waals surface area contributed by atoms with Crippen LogP contribution in [0.4, 0.5) is 4.39 Å². The van der Waals surface area contributed by atoms with E-state index >= 15 is 0 Å². The molecule has 0 fully saturated rings. The van der Waals surface area contributed by atoms with Crippen molar-refractivity contribution in [3.63, 3.8) is 0 Å². The number of carbonyl (C=O) groups excluding carboxylic acids is 1. The van der Waals surface area contributed by atoms with E-state index in [9.17, 15) is 22.9 Å². The van der Waals surface area contributed by atoms with E-state index in [0.717, 1.165) is 6.26 Å². The average Bonchev–Trinajstić information content (AvgIpc) is 3.12. The number of rotatable bonds is 6. The Morgan fingerprint density at radius 1 is 1.16 bits per heavy atom. The molecule has 1 aromatic heterocycles. The van der Waals surface area contributed by atoms with Gasteiger partial charge in [0.25, 0.3) is 0 Å². The van der Waals surface area contributed by atoms with Crippen molar-refractivity contribution in [3.8, 4) is 34.2 Å². The molecule has 0 saturated carbocycles. The Hall–Kier alpha value is -3.71. The minimum Gasteiger partial charge on any atom is -0.494 e. The molecule has 1 heterocycles. The number of methoxy groups -OCH3 is 2. The van der Waals surface area contributed by atoms with Crippen LogP contribution in [0.3, 0.4) is 0 Å². The summed E-state index contributed by atoms with van der Waals surface area (Å²) in [7, 11) is -0.896. The second-order valence-electron chi connectivity index (χ2n) is 6.53. The van der Waals surface area contributed by atoms with Crippen LogP contribution in [0.15, 0.2) is 47.4 Å². The van der Waals surface area contributed by atoms with Crippen LogP contribution >= 0.6 is 0 Å². The van der Waals surface area contributed by atoms with Crippen molar-refractivity contribution in [2.45, 2.75) is 11.4 Å². The van der Waals surface area contributed by atoms with Gasteiger partial charge < -0.3 is 9.47 Å². The number of sulfone groups is 1. The van der Waals surface area contributed by atoms with Gasteiger partial charge in [0.15, 0.2) is 27.1 Å². The van der Waals surface area contributed by atoms with Gasteiger partial charge in [-0.05, 0) is 29.8 Å². The molecule has 0 atom stereocenters. The highest BCUT2D eigenvalue weighted by atomic mass is 32.2. The molecule has 0 radical (unpaired) electrons. The van der Waals surface area contributed by atoms with Crippen molar-refractivity contribution in [1.29, 1.82) is 5.26 Å². The quantitative estimate of drug-likeness (QED) is 0.538. The number of benzene rings is 2. The number of ether oxygens (including phenoxy) is 2. The van der Waals surface area contributed by atoms with Crippen LogP contribution in [0.25, 0.3) is 22.4 Å². The maximum Gasteiger partial charge on any atom is 0.357 e. The molecule has 160 valence electrons. The van der Waals surface area contributed by atoms with E-state index in [4.69, 9.17) is 9.47 Å². The molecule has 0 aliphatic rings. The lowest BCUT2D eigenvalue weighted by Crippen LogP contribution is -2.12. The Labute approximate surface area is 178 Å². The van der Waals surface area contributed by atoms with Crippen molar-refractivity contribution in [1.82, 2.24) is 9.78 Å². The molecule has 0 unspecified atom stereocenters. The first-order valence-electron chi connectivity index (χ1n) is 8.91. The van der Waals surface area contributed by atoms with Crippen LogP contribution in [0.2, 0.25) is 0 Å². The predicted octanol–water partition coefficient (Wildman–Crippen LogP) is 3.08. The summed E-state index contributed by atoms with van der Waals surface area (Å²) in [5.74, 6) is -1.39. The monoisotopic (exact) mass is 443 g/mol. The van der Waals surface area contributed by atoms with Gasteiger partial charge in [-0.2, -0.15) is 10.4 Å². The van der Waals surface area contributed by atoms with Crippen LogP contribution in [0, 0.1) is 17.1 Å². The minimum atomic E-state index is -3.41. The Morgan fingerprint density at radius 2 is 1.81 bits per heavy atom. The Morgan fingerprint density at radius 3 is 2.32 bits per heavy atom. The number of nitriles is 1. The van der Waals surface area contributed by atoms with Gasteiger partial charge in [-0.15, -0.1) is 0 Å². The minimum absolute atomic E-state index is 0.0202. The summed E-state index contributed by atoms with van der Waals surface area (Å²) in [5.41, 5.74) is 1.26. The highest BCUT2D eigenvalue weighted by Crippen LogP contribution is 2.37. The number of esters is 1. The van der Waals surface area contributed by atoms with Gasteiger partial charge in [-0.1, -0.05) is 18.2 Å². The second kappa shape index (κ2) is 8.57. The molecule has 8 nitrogen and oxygen atoms in total. The lowest BCUT2D eigenvalue weighted by atomic mass is 9.98. The lowest BCUT2D eigenvalue weighted by molar-refractivity contribution is 0.0588. The summed E-state index contributed by atoms with van der Waals surface area (Å²) in [6.07, 6.45) is 1.09. The summed E-state index contributed by atoms with van der Waals surface area (Å²) >= 11 is 0. The van der Waals surface area contributed by atoms with Gasteiger partial charge in [0.05, 0.1) is 25.2 Å².